The summed E-state index contributed by atoms with van der Waals surface area (Å²) >= 11 is 0. The molecule has 0 fully saturated rings. The Morgan fingerprint density at radius 1 is 1.44 bits per heavy atom. The first kappa shape index (κ1) is 14.4. The molecule has 0 spiro atoms. The maximum Gasteiger partial charge on any atom is 0.241 e. The molecule has 0 aliphatic heterocycles. The van der Waals surface area contributed by atoms with E-state index in [2.05, 4.69) is 11.9 Å². The van der Waals surface area contributed by atoms with Gasteiger partial charge in [-0.05, 0) is 12.5 Å². The van der Waals surface area contributed by atoms with Gasteiger partial charge in [-0.15, -0.1) is 0 Å². The van der Waals surface area contributed by atoms with Crippen LogP contribution >= 0.6 is 0 Å². The minimum absolute atomic E-state index is 0.194. The average Bonchev–Trinajstić information content (AvgIpc) is 2.38. The second-order valence-corrected chi connectivity index (χ2v) is 4.19. The van der Waals surface area contributed by atoms with E-state index in [1.807, 2.05) is 37.3 Å². The van der Waals surface area contributed by atoms with Gasteiger partial charge in [0, 0.05) is 6.54 Å². The lowest BCUT2D eigenvalue weighted by atomic mass is 10.1. The third kappa shape index (κ3) is 5.12. The van der Waals surface area contributed by atoms with Crippen molar-refractivity contribution in [3.8, 4) is 0 Å². The Balaban J connectivity index is 2.26. The lowest BCUT2D eigenvalue weighted by molar-refractivity contribution is -0.122. The Kier molecular flexibility index (Phi) is 6.11. The van der Waals surface area contributed by atoms with Crippen molar-refractivity contribution in [1.29, 1.82) is 0 Å². The molecule has 1 aromatic carbocycles. The van der Waals surface area contributed by atoms with E-state index in [9.17, 15) is 4.79 Å². The quantitative estimate of drug-likeness (QED) is 0.566. The SMILES string of the molecule is C=C(C)COCCNC(=O)C(N)c1ccccc1. The maximum atomic E-state index is 11.7. The highest BCUT2D eigenvalue weighted by Gasteiger charge is 2.14. The van der Waals surface area contributed by atoms with Gasteiger partial charge in [0.1, 0.15) is 6.04 Å². The van der Waals surface area contributed by atoms with Gasteiger partial charge in [0.2, 0.25) is 5.91 Å². The van der Waals surface area contributed by atoms with Gasteiger partial charge < -0.3 is 15.8 Å². The zero-order chi connectivity index (χ0) is 13.4. The number of benzene rings is 1. The predicted octanol–water partition coefficient (Wildman–Crippen LogP) is 1.40. The molecule has 0 bridgehead atoms. The molecule has 3 N–H and O–H groups in total. The zero-order valence-corrected chi connectivity index (χ0v) is 10.7. The third-order valence-electron chi connectivity index (χ3n) is 2.34. The molecule has 0 saturated carbocycles. The van der Waals surface area contributed by atoms with Crippen LogP contribution in [0.3, 0.4) is 0 Å². The van der Waals surface area contributed by atoms with Crippen molar-refractivity contribution < 1.29 is 9.53 Å². The van der Waals surface area contributed by atoms with Gasteiger partial charge in [-0.1, -0.05) is 42.5 Å². The highest BCUT2D eigenvalue weighted by atomic mass is 16.5. The number of rotatable bonds is 7. The maximum absolute atomic E-state index is 11.7. The van der Waals surface area contributed by atoms with Crippen molar-refractivity contribution in [3.05, 3.63) is 48.0 Å². The van der Waals surface area contributed by atoms with Crippen molar-refractivity contribution in [3.63, 3.8) is 0 Å². The Bertz CT molecular complexity index is 390. The number of hydrogen-bond donors (Lipinski definition) is 2. The molecule has 0 aromatic heterocycles. The molecule has 98 valence electrons. The van der Waals surface area contributed by atoms with E-state index in [1.54, 1.807) is 0 Å². The number of ether oxygens (including phenoxy) is 1. The highest BCUT2D eigenvalue weighted by Crippen LogP contribution is 2.08. The minimum Gasteiger partial charge on any atom is -0.375 e. The monoisotopic (exact) mass is 248 g/mol. The molecule has 1 unspecified atom stereocenters. The summed E-state index contributed by atoms with van der Waals surface area (Å²) in [5.41, 5.74) is 7.60. The van der Waals surface area contributed by atoms with E-state index < -0.39 is 6.04 Å². The van der Waals surface area contributed by atoms with Crippen LogP contribution in [0.1, 0.15) is 18.5 Å². The molecule has 0 saturated heterocycles. The van der Waals surface area contributed by atoms with Crippen molar-refractivity contribution in [2.45, 2.75) is 13.0 Å². The van der Waals surface area contributed by atoms with Crippen LogP contribution in [0.2, 0.25) is 0 Å². The molecule has 1 aromatic rings. The predicted molar refractivity (Wildman–Crippen MR) is 72.0 cm³/mol. The van der Waals surface area contributed by atoms with Gasteiger partial charge in [-0.3, -0.25) is 4.79 Å². The third-order valence-corrected chi connectivity index (χ3v) is 2.34. The van der Waals surface area contributed by atoms with Crippen molar-refractivity contribution in [2.75, 3.05) is 19.8 Å². The molecule has 1 atom stereocenters. The Hall–Kier alpha value is -1.65. The summed E-state index contributed by atoms with van der Waals surface area (Å²) < 4.78 is 5.28. The second kappa shape index (κ2) is 7.63. The van der Waals surface area contributed by atoms with Gasteiger partial charge in [0.05, 0.1) is 13.2 Å². The van der Waals surface area contributed by atoms with E-state index in [1.165, 1.54) is 0 Å². The first-order valence-electron chi connectivity index (χ1n) is 5.91. The Morgan fingerprint density at radius 3 is 2.72 bits per heavy atom. The summed E-state index contributed by atoms with van der Waals surface area (Å²) in [6, 6.07) is 8.65. The average molecular weight is 248 g/mol. The van der Waals surface area contributed by atoms with Crippen LogP contribution in [0.15, 0.2) is 42.5 Å². The Labute approximate surface area is 108 Å². The van der Waals surface area contributed by atoms with Crippen LogP contribution in [-0.2, 0) is 9.53 Å². The molecule has 0 heterocycles. The van der Waals surface area contributed by atoms with Crippen molar-refractivity contribution in [1.82, 2.24) is 5.32 Å². The van der Waals surface area contributed by atoms with Gasteiger partial charge in [0.25, 0.3) is 0 Å². The number of amides is 1. The summed E-state index contributed by atoms with van der Waals surface area (Å²) in [5.74, 6) is -0.194. The Morgan fingerprint density at radius 2 is 2.11 bits per heavy atom. The van der Waals surface area contributed by atoms with Gasteiger partial charge >= 0.3 is 0 Å². The molecular weight excluding hydrogens is 228 g/mol. The van der Waals surface area contributed by atoms with E-state index in [0.29, 0.717) is 19.8 Å². The molecule has 1 amide bonds. The van der Waals surface area contributed by atoms with Crippen molar-refractivity contribution >= 4 is 5.91 Å². The highest BCUT2D eigenvalue weighted by molar-refractivity contribution is 5.82. The number of hydrogen-bond acceptors (Lipinski definition) is 3. The number of nitrogens with one attached hydrogen (secondary N) is 1. The summed E-state index contributed by atoms with van der Waals surface area (Å²) in [5, 5.41) is 2.74. The topological polar surface area (TPSA) is 64.3 Å². The van der Waals surface area contributed by atoms with Crippen LogP contribution in [0.5, 0.6) is 0 Å². The lowest BCUT2D eigenvalue weighted by Crippen LogP contribution is -2.36. The van der Waals surface area contributed by atoms with E-state index in [0.717, 1.165) is 11.1 Å². The fraction of sp³-hybridized carbons (Fsp3) is 0.357. The van der Waals surface area contributed by atoms with Crippen LogP contribution in [0, 0.1) is 0 Å². The normalized spacial score (nSPS) is 11.9. The van der Waals surface area contributed by atoms with Crippen LogP contribution < -0.4 is 11.1 Å². The number of carbonyl (C=O) groups is 1. The summed E-state index contributed by atoms with van der Waals surface area (Å²) in [4.78, 5) is 11.7. The van der Waals surface area contributed by atoms with E-state index >= 15 is 0 Å². The fourth-order valence-corrected chi connectivity index (χ4v) is 1.41. The smallest absolute Gasteiger partial charge is 0.241 e. The fourth-order valence-electron chi connectivity index (χ4n) is 1.41. The molecule has 18 heavy (non-hydrogen) atoms. The van der Waals surface area contributed by atoms with E-state index in [-0.39, 0.29) is 5.91 Å². The molecule has 4 nitrogen and oxygen atoms in total. The minimum atomic E-state index is -0.632. The summed E-state index contributed by atoms with van der Waals surface area (Å²) in [6.07, 6.45) is 0. The lowest BCUT2D eigenvalue weighted by Gasteiger charge is -2.12. The molecule has 1 rings (SSSR count). The van der Waals surface area contributed by atoms with Crippen LogP contribution in [-0.4, -0.2) is 25.7 Å². The second-order valence-electron chi connectivity index (χ2n) is 4.19. The largest absolute Gasteiger partial charge is 0.375 e. The molecule has 0 aliphatic rings. The summed E-state index contributed by atoms with van der Waals surface area (Å²) in [7, 11) is 0. The van der Waals surface area contributed by atoms with Gasteiger partial charge in [-0.25, -0.2) is 0 Å². The van der Waals surface area contributed by atoms with Crippen LogP contribution in [0.25, 0.3) is 0 Å². The van der Waals surface area contributed by atoms with Gasteiger partial charge in [-0.2, -0.15) is 0 Å². The first-order chi connectivity index (χ1) is 8.61. The van der Waals surface area contributed by atoms with Crippen LogP contribution in [0.4, 0.5) is 0 Å². The molecular formula is C14H20N2O2. The standard InChI is InChI=1S/C14H20N2O2/c1-11(2)10-18-9-8-16-14(17)13(15)12-6-4-3-5-7-12/h3-7,13H,1,8-10,15H2,2H3,(H,16,17). The molecule has 0 radical (unpaired) electrons. The first-order valence-corrected chi connectivity index (χ1v) is 5.91. The molecule has 0 aliphatic carbocycles. The number of nitrogens with two attached hydrogens (primary N) is 1. The zero-order valence-electron chi connectivity index (χ0n) is 10.7. The van der Waals surface area contributed by atoms with Crippen molar-refractivity contribution in [2.24, 2.45) is 5.73 Å². The molecule has 4 heteroatoms. The summed E-state index contributed by atoms with van der Waals surface area (Å²) in [6.45, 7) is 7.04. The van der Waals surface area contributed by atoms with Gasteiger partial charge in [0.15, 0.2) is 0 Å². The van der Waals surface area contributed by atoms with E-state index in [4.69, 9.17) is 10.5 Å². The number of carbonyl (C=O) groups excluding carboxylic acids is 1.